The topological polar surface area (TPSA) is 61.4 Å². The lowest BCUT2D eigenvalue weighted by atomic mass is 9.96. The molecule has 2 N–H and O–H groups in total. The first-order valence-corrected chi connectivity index (χ1v) is 11.2. The molecule has 1 aliphatic heterocycles. The van der Waals surface area contributed by atoms with Gasteiger partial charge in [-0.05, 0) is 41.5 Å². The van der Waals surface area contributed by atoms with E-state index >= 15 is 0 Å². The van der Waals surface area contributed by atoms with E-state index in [1.807, 2.05) is 17.0 Å². The van der Waals surface area contributed by atoms with Crippen LogP contribution in [-0.2, 0) is 17.9 Å². The molecule has 1 fully saturated rings. The second-order valence-corrected chi connectivity index (χ2v) is 8.40. The van der Waals surface area contributed by atoms with E-state index in [1.165, 1.54) is 41.5 Å². The van der Waals surface area contributed by atoms with E-state index in [0.29, 0.717) is 38.5 Å². The molecule has 0 atom stereocenters. The minimum atomic E-state index is -0.105. The number of urea groups is 1. The van der Waals surface area contributed by atoms with Crippen molar-refractivity contribution in [3.63, 3.8) is 0 Å². The first-order chi connectivity index (χ1) is 14.7. The second kappa shape index (κ2) is 9.79. The van der Waals surface area contributed by atoms with E-state index in [2.05, 4.69) is 47.0 Å². The highest BCUT2D eigenvalue weighted by Gasteiger charge is 2.22. The summed E-state index contributed by atoms with van der Waals surface area (Å²) in [5.74, 6) is 0.135. The quantitative estimate of drug-likeness (QED) is 0.714. The minimum absolute atomic E-state index is 0.105. The number of carbonyl (C=O) groups excluding carboxylic acids is 2. The summed E-state index contributed by atoms with van der Waals surface area (Å²) in [6.45, 7) is 1.77. The molecule has 0 bridgehead atoms. The molecule has 1 aliphatic carbocycles. The van der Waals surface area contributed by atoms with E-state index in [-0.39, 0.29) is 11.9 Å². The fourth-order valence-corrected chi connectivity index (χ4v) is 4.57. The Kier molecular flexibility index (Phi) is 6.67. The Balaban J connectivity index is 1.29. The van der Waals surface area contributed by atoms with Crippen molar-refractivity contribution in [2.24, 2.45) is 0 Å². The molecular weight excluding hydrogens is 374 g/mol. The highest BCUT2D eigenvalue weighted by atomic mass is 16.2. The smallest absolute Gasteiger partial charge is 0.315 e. The van der Waals surface area contributed by atoms with Gasteiger partial charge < -0.3 is 15.5 Å². The number of fused-ring (bicyclic) bond motifs is 3. The summed E-state index contributed by atoms with van der Waals surface area (Å²) in [4.78, 5) is 26.9. The third-order valence-corrected chi connectivity index (χ3v) is 6.19. The van der Waals surface area contributed by atoms with Crippen LogP contribution in [0.15, 0.2) is 48.5 Å². The zero-order valence-electron chi connectivity index (χ0n) is 17.5. The number of hydrogen-bond acceptors (Lipinski definition) is 2. The van der Waals surface area contributed by atoms with Crippen molar-refractivity contribution in [2.45, 2.75) is 64.1 Å². The largest absolute Gasteiger partial charge is 0.338 e. The van der Waals surface area contributed by atoms with Crippen LogP contribution in [0.25, 0.3) is 11.1 Å². The zero-order valence-corrected chi connectivity index (χ0v) is 17.5. The third-order valence-electron chi connectivity index (χ3n) is 6.19. The van der Waals surface area contributed by atoms with Crippen molar-refractivity contribution in [3.05, 3.63) is 59.7 Å². The second-order valence-electron chi connectivity index (χ2n) is 8.40. The van der Waals surface area contributed by atoms with Crippen LogP contribution in [0, 0.1) is 0 Å². The summed E-state index contributed by atoms with van der Waals surface area (Å²) in [6, 6.07) is 16.9. The van der Waals surface area contributed by atoms with Crippen LogP contribution in [0.2, 0.25) is 0 Å². The Morgan fingerprint density at radius 1 is 0.867 bits per heavy atom. The lowest BCUT2D eigenvalue weighted by molar-refractivity contribution is -0.132. The van der Waals surface area contributed by atoms with Crippen molar-refractivity contribution >= 4 is 11.9 Å². The van der Waals surface area contributed by atoms with Gasteiger partial charge in [0.05, 0.1) is 0 Å². The lowest BCUT2D eigenvalue weighted by Crippen LogP contribution is -2.43. The molecule has 3 amide bonds. The average Bonchev–Trinajstić information content (AvgIpc) is 2.94. The van der Waals surface area contributed by atoms with Crippen molar-refractivity contribution in [1.82, 2.24) is 15.5 Å². The number of nitrogens with zero attached hydrogens (tertiary/aromatic N) is 1. The van der Waals surface area contributed by atoms with Crippen molar-refractivity contribution < 1.29 is 9.59 Å². The summed E-state index contributed by atoms with van der Waals surface area (Å²) in [6.07, 6.45) is 6.90. The van der Waals surface area contributed by atoms with Gasteiger partial charge in [0, 0.05) is 32.1 Å². The SMILES string of the molecule is O=C(NCCCC(=O)N1Cc2ccccc2-c2ccccc2C1)NC1CCCCC1. The van der Waals surface area contributed by atoms with Gasteiger partial charge in [0.2, 0.25) is 5.91 Å². The van der Waals surface area contributed by atoms with Crippen molar-refractivity contribution in [3.8, 4) is 11.1 Å². The van der Waals surface area contributed by atoms with Crippen LogP contribution in [-0.4, -0.2) is 29.4 Å². The summed E-state index contributed by atoms with van der Waals surface area (Å²) >= 11 is 0. The maximum atomic E-state index is 12.9. The van der Waals surface area contributed by atoms with Gasteiger partial charge in [-0.3, -0.25) is 4.79 Å². The Bertz CT molecular complexity index is 842. The van der Waals surface area contributed by atoms with E-state index in [0.717, 1.165) is 12.8 Å². The fourth-order valence-electron chi connectivity index (χ4n) is 4.57. The lowest BCUT2D eigenvalue weighted by Gasteiger charge is -2.23. The highest BCUT2D eigenvalue weighted by molar-refractivity contribution is 5.79. The summed E-state index contributed by atoms with van der Waals surface area (Å²) in [5, 5.41) is 5.97. The highest BCUT2D eigenvalue weighted by Crippen LogP contribution is 2.32. The van der Waals surface area contributed by atoms with Gasteiger partial charge in [-0.1, -0.05) is 67.8 Å². The number of rotatable bonds is 5. The molecule has 2 aromatic rings. The molecule has 5 nitrogen and oxygen atoms in total. The molecule has 30 heavy (non-hydrogen) atoms. The number of hydrogen-bond donors (Lipinski definition) is 2. The standard InChI is InChI=1S/C25H31N3O2/c29-24(15-8-16-26-25(30)27-21-11-2-1-3-12-21)28-17-19-9-4-6-13-22(19)23-14-7-5-10-20(23)18-28/h4-7,9-10,13-14,21H,1-3,8,11-12,15-18H2,(H2,26,27,30). The maximum absolute atomic E-state index is 12.9. The molecule has 5 heteroatoms. The summed E-state index contributed by atoms with van der Waals surface area (Å²) in [5.41, 5.74) is 4.79. The monoisotopic (exact) mass is 405 g/mol. The van der Waals surface area contributed by atoms with Gasteiger partial charge in [-0.15, -0.1) is 0 Å². The molecular formula is C25H31N3O2. The van der Waals surface area contributed by atoms with E-state index in [9.17, 15) is 9.59 Å². The molecule has 1 heterocycles. The Morgan fingerprint density at radius 3 is 2.10 bits per heavy atom. The van der Waals surface area contributed by atoms with Crippen LogP contribution in [0.5, 0.6) is 0 Å². The number of benzene rings is 2. The van der Waals surface area contributed by atoms with Gasteiger partial charge in [0.25, 0.3) is 0 Å². The van der Waals surface area contributed by atoms with Gasteiger partial charge in [-0.2, -0.15) is 0 Å². The molecule has 0 spiro atoms. The molecule has 0 unspecified atom stereocenters. The molecule has 2 aliphatic rings. The first-order valence-electron chi connectivity index (χ1n) is 11.2. The maximum Gasteiger partial charge on any atom is 0.315 e. The Hall–Kier alpha value is -2.82. The zero-order chi connectivity index (χ0) is 20.8. The Labute approximate surface area is 178 Å². The van der Waals surface area contributed by atoms with Crippen LogP contribution in [0.1, 0.15) is 56.1 Å². The molecule has 1 saturated carbocycles. The minimum Gasteiger partial charge on any atom is -0.338 e. The number of nitrogens with one attached hydrogen (secondary N) is 2. The van der Waals surface area contributed by atoms with Gasteiger partial charge >= 0.3 is 6.03 Å². The average molecular weight is 406 g/mol. The molecule has 4 rings (SSSR count). The van der Waals surface area contributed by atoms with Crippen LogP contribution in [0.3, 0.4) is 0 Å². The normalized spacial score (nSPS) is 16.2. The van der Waals surface area contributed by atoms with Crippen LogP contribution >= 0.6 is 0 Å². The molecule has 158 valence electrons. The van der Waals surface area contributed by atoms with Gasteiger partial charge in [-0.25, -0.2) is 4.79 Å². The van der Waals surface area contributed by atoms with E-state index in [4.69, 9.17) is 0 Å². The molecule has 0 aromatic heterocycles. The van der Waals surface area contributed by atoms with Crippen molar-refractivity contribution in [1.29, 1.82) is 0 Å². The fraction of sp³-hybridized carbons (Fsp3) is 0.440. The van der Waals surface area contributed by atoms with E-state index < -0.39 is 0 Å². The van der Waals surface area contributed by atoms with Crippen LogP contribution in [0.4, 0.5) is 4.79 Å². The molecule has 2 aromatic carbocycles. The van der Waals surface area contributed by atoms with Crippen LogP contribution < -0.4 is 10.6 Å². The first kappa shape index (κ1) is 20.5. The van der Waals surface area contributed by atoms with Gasteiger partial charge in [0.15, 0.2) is 0 Å². The van der Waals surface area contributed by atoms with E-state index in [1.54, 1.807) is 0 Å². The molecule has 0 saturated heterocycles. The van der Waals surface area contributed by atoms with Gasteiger partial charge in [0.1, 0.15) is 0 Å². The predicted molar refractivity (Wildman–Crippen MR) is 119 cm³/mol. The number of amides is 3. The number of carbonyl (C=O) groups is 2. The molecule has 0 radical (unpaired) electrons. The predicted octanol–water partition coefficient (Wildman–Crippen LogP) is 4.61. The summed E-state index contributed by atoms with van der Waals surface area (Å²) < 4.78 is 0. The third kappa shape index (κ3) is 5.02. The Morgan fingerprint density at radius 2 is 1.47 bits per heavy atom. The summed E-state index contributed by atoms with van der Waals surface area (Å²) in [7, 11) is 0. The van der Waals surface area contributed by atoms with Crippen molar-refractivity contribution in [2.75, 3.05) is 6.54 Å².